The summed E-state index contributed by atoms with van der Waals surface area (Å²) in [4.78, 5) is 49.0. The largest absolute Gasteiger partial charge is 0.510 e. The van der Waals surface area contributed by atoms with Crippen molar-refractivity contribution in [1.82, 2.24) is 14.6 Å². The molecule has 0 spiro atoms. The molecule has 226 valence electrons. The molecule has 0 bridgehead atoms. The summed E-state index contributed by atoms with van der Waals surface area (Å²) in [6, 6.07) is 1.20. The predicted molar refractivity (Wildman–Crippen MR) is 139 cm³/mol. The average Bonchev–Trinajstić information content (AvgIpc) is 3.23. The fraction of sp³-hybridized carbons (Fsp3) is 0.739. The van der Waals surface area contributed by atoms with Crippen LogP contribution in [0.1, 0.15) is 61.1 Å². The molecule has 1 aromatic rings. The lowest BCUT2D eigenvalue weighted by Gasteiger charge is -2.21. The average molecular weight is 586 g/mol. The van der Waals surface area contributed by atoms with Gasteiger partial charge >= 0.3 is 25.6 Å². The number of aromatic amines is 1. The van der Waals surface area contributed by atoms with E-state index in [1.54, 1.807) is 27.7 Å². The normalized spacial score (nSPS) is 19.7. The Balaban J connectivity index is 0.00000344. The molecule has 1 saturated heterocycles. The van der Waals surface area contributed by atoms with Gasteiger partial charge in [-0.3, -0.25) is 32.6 Å². The smallest absolute Gasteiger partial charge is 0.462 e. The van der Waals surface area contributed by atoms with Crippen LogP contribution < -0.4 is 16.3 Å². The van der Waals surface area contributed by atoms with Crippen molar-refractivity contribution in [2.24, 2.45) is 5.92 Å². The lowest BCUT2D eigenvalue weighted by molar-refractivity contribution is -0.146. The number of aromatic nitrogens is 2. The van der Waals surface area contributed by atoms with Crippen molar-refractivity contribution in [2.45, 2.75) is 79.4 Å². The highest BCUT2D eigenvalue weighted by Crippen LogP contribution is 2.45. The molecule has 1 aliphatic rings. The first-order valence-electron chi connectivity index (χ1n) is 12.4. The first kappa shape index (κ1) is 36.4. The second-order valence-electron chi connectivity index (χ2n) is 8.35. The lowest BCUT2D eigenvalue weighted by Crippen LogP contribution is -2.33. The zero-order valence-electron chi connectivity index (χ0n) is 23.6. The molecule has 1 fully saturated rings. The first-order valence-corrected chi connectivity index (χ1v) is 13.9. The Kier molecular flexibility index (Phi) is 17.4. The minimum absolute atomic E-state index is 0.143. The van der Waals surface area contributed by atoms with Gasteiger partial charge in [0, 0.05) is 18.2 Å². The third-order valence-corrected chi connectivity index (χ3v) is 6.00. The number of carbonyl (C=O) groups excluding carboxylic acids is 2. The summed E-state index contributed by atoms with van der Waals surface area (Å²) in [5.74, 6) is -0.841. The molecular formula is C23H41FN3O11P. The molecule has 16 heteroatoms. The highest BCUT2D eigenvalue weighted by molar-refractivity contribution is 7.51. The molecule has 1 aromatic heterocycles. The van der Waals surface area contributed by atoms with E-state index in [9.17, 15) is 28.1 Å². The highest BCUT2D eigenvalue weighted by Gasteiger charge is 2.36. The minimum Gasteiger partial charge on any atom is -0.462 e. The molecule has 0 aliphatic carbocycles. The number of rotatable bonds is 12. The number of H-pyrrole nitrogens is 1. The third kappa shape index (κ3) is 13.9. The molecule has 0 radical (unpaired) electrons. The number of ether oxygens (including phenoxy) is 4. The number of hydrogen-bond donors (Lipinski definition) is 2. The number of nitrogens with one attached hydrogen (secondary N) is 2. The van der Waals surface area contributed by atoms with E-state index in [-0.39, 0.29) is 18.6 Å². The second kappa shape index (κ2) is 18.7. The zero-order valence-corrected chi connectivity index (χ0v) is 24.5. The van der Waals surface area contributed by atoms with Crippen molar-refractivity contribution in [3.63, 3.8) is 0 Å². The van der Waals surface area contributed by atoms with E-state index < -0.39 is 62.9 Å². The van der Waals surface area contributed by atoms with E-state index >= 15 is 0 Å². The molecule has 39 heavy (non-hydrogen) atoms. The van der Waals surface area contributed by atoms with Gasteiger partial charge in [0.05, 0.1) is 32.1 Å². The summed E-state index contributed by atoms with van der Waals surface area (Å²) < 4.78 is 54.8. The van der Waals surface area contributed by atoms with Crippen LogP contribution in [0.4, 0.5) is 9.18 Å². The van der Waals surface area contributed by atoms with Crippen LogP contribution in [0.2, 0.25) is 0 Å². The summed E-state index contributed by atoms with van der Waals surface area (Å²) in [6.45, 7) is 10.9. The Morgan fingerprint density at radius 2 is 1.77 bits per heavy atom. The quantitative estimate of drug-likeness (QED) is 0.208. The maximum Gasteiger partial charge on any atom is 0.510 e. The fourth-order valence-corrected chi connectivity index (χ4v) is 4.27. The second-order valence-corrected chi connectivity index (χ2v) is 10.2. The monoisotopic (exact) mass is 585 g/mol. The standard InChI is InChI=1S/C20H32N3O11P.C2H6.CH3F/c1-12(2)32-17(25)9-21-35(28,31-11-29-20(27)33-13(3)4)30-10-15-8-14(5)18(34-15)23-7-6-16(24)22-19(23)26;2*1-2/h6-7,12-15,18H,8-11H2,1-5H3,(H,21,28)(H,22,24,26);1-2H3;1H3. The number of alkyl halides is 1. The van der Waals surface area contributed by atoms with E-state index in [2.05, 4.69) is 10.1 Å². The molecule has 4 atom stereocenters. The molecule has 0 aromatic carbocycles. The number of halogens is 1. The predicted octanol–water partition coefficient (Wildman–Crippen LogP) is 3.27. The topological polar surface area (TPSA) is 173 Å². The van der Waals surface area contributed by atoms with Crippen LogP contribution in [0.25, 0.3) is 0 Å². The Morgan fingerprint density at radius 3 is 2.33 bits per heavy atom. The number of carbonyl (C=O) groups is 2. The van der Waals surface area contributed by atoms with Crippen molar-refractivity contribution >= 4 is 19.9 Å². The number of nitrogens with zero attached hydrogens (tertiary/aromatic N) is 1. The van der Waals surface area contributed by atoms with Gasteiger partial charge in [-0.05, 0) is 34.1 Å². The third-order valence-electron chi connectivity index (χ3n) is 4.52. The molecule has 2 rings (SSSR count). The minimum atomic E-state index is -4.17. The Bertz CT molecular complexity index is 1030. The van der Waals surface area contributed by atoms with Gasteiger partial charge in [0.2, 0.25) is 6.79 Å². The summed E-state index contributed by atoms with van der Waals surface area (Å²) >= 11 is 0. The van der Waals surface area contributed by atoms with Crippen molar-refractivity contribution in [3.8, 4) is 0 Å². The van der Waals surface area contributed by atoms with Gasteiger partial charge in [0.15, 0.2) is 0 Å². The Morgan fingerprint density at radius 1 is 1.15 bits per heavy atom. The van der Waals surface area contributed by atoms with Gasteiger partial charge in [-0.2, -0.15) is 0 Å². The summed E-state index contributed by atoms with van der Waals surface area (Å²) in [6.07, 6.45) is -1.37. The van der Waals surface area contributed by atoms with Crippen LogP contribution in [-0.2, 0) is 37.4 Å². The number of hydrogen-bond acceptors (Lipinski definition) is 11. The van der Waals surface area contributed by atoms with E-state index in [0.29, 0.717) is 13.6 Å². The zero-order chi connectivity index (χ0) is 30.2. The maximum atomic E-state index is 13.1. The Hall–Kier alpha value is -2.58. The highest BCUT2D eigenvalue weighted by atomic mass is 31.2. The summed E-state index contributed by atoms with van der Waals surface area (Å²) in [5.41, 5.74) is -1.16. The van der Waals surface area contributed by atoms with E-state index in [4.69, 9.17) is 28.0 Å². The van der Waals surface area contributed by atoms with E-state index in [1.807, 2.05) is 20.8 Å². The van der Waals surface area contributed by atoms with Gasteiger partial charge in [-0.15, -0.1) is 0 Å². The SMILES string of the molecule is CC.CC(C)OC(=O)CNP(=O)(OCOC(=O)OC(C)C)OCC1CC(C)C(n2ccc(=O)[nH]c2=O)O1.CF. The molecule has 2 N–H and O–H groups in total. The van der Waals surface area contributed by atoms with Crippen LogP contribution in [0.5, 0.6) is 0 Å². The van der Waals surface area contributed by atoms with Gasteiger partial charge in [0.1, 0.15) is 12.8 Å². The summed E-state index contributed by atoms with van der Waals surface area (Å²) in [7, 11) is -3.67. The molecule has 14 nitrogen and oxygen atoms in total. The van der Waals surface area contributed by atoms with Crippen LogP contribution in [0.3, 0.4) is 0 Å². The molecule has 2 heterocycles. The van der Waals surface area contributed by atoms with Gasteiger partial charge in [-0.25, -0.2) is 19.2 Å². The van der Waals surface area contributed by atoms with Gasteiger partial charge in [0.25, 0.3) is 5.56 Å². The van der Waals surface area contributed by atoms with Crippen LogP contribution in [-0.4, -0.2) is 67.1 Å². The van der Waals surface area contributed by atoms with Crippen LogP contribution in [0.15, 0.2) is 21.9 Å². The van der Waals surface area contributed by atoms with E-state index in [0.717, 1.165) is 0 Å². The summed E-state index contributed by atoms with van der Waals surface area (Å²) in [5, 5.41) is 2.36. The van der Waals surface area contributed by atoms with Crippen molar-refractivity contribution < 1.29 is 46.5 Å². The molecular weight excluding hydrogens is 544 g/mol. The van der Waals surface area contributed by atoms with Crippen LogP contribution >= 0.6 is 7.75 Å². The fourth-order valence-electron chi connectivity index (χ4n) is 3.14. The molecule has 4 unspecified atom stereocenters. The maximum absolute atomic E-state index is 13.1. The lowest BCUT2D eigenvalue weighted by atomic mass is 10.1. The molecule has 0 saturated carbocycles. The van der Waals surface area contributed by atoms with Crippen LogP contribution in [0, 0.1) is 5.92 Å². The molecule has 1 aliphatic heterocycles. The van der Waals surface area contributed by atoms with Crippen molar-refractivity contribution in [2.75, 3.05) is 27.1 Å². The first-order chi connectivity index (χ1) is 18.4. The van der Waals surface area contributed by atoms with Crippen molar-refractivity contribution in [3.05, 3.63) is 33.1 Å². The number of esters is 1. The van der Waals surface area contributed by atoms with Gasteiger partial charge < -0.3 is 18.9 Å². The Labute approximate surface area is 227 Å². The van der Waals surface area contributed by atoms with Crippen molar-refractivity contribution in [1.29, 1.82) is 0 Å². The van der Waals surface area contributed by atoms with Gasteiger partial charge in [-0.1, -0.05) is 20.8 Å². The van der Waals surface area contributed by atoms with E-state index in [1.165, 1.54) is 16.8 Å². The molecule has 0 amide bonds.